The van der Waals surface area contributed by atoms with Gasteiger partial charge < -0.3 is 34.8 Å². The third kappa shape index (κ3) is 5.93. The van der Waals surface area contributed by atoms with Crippen LogP contribution in [0.1, 0.15) is 43.1 Å². The molecule has 1 saturated heterocycles. The Morgan fingerprint density at radius 2 is 1.62 bits per heavy atom. The number of aryl methyl sites for hydroxylation is 1. The number of hydrogen-bond acceptors (Lipinski definition) is 10. The predicted octanol–water partition coefficient (Wildman–Crippen LogP) is 1.80. The van der Waals surface area contributed by atoms with Gasteiger partial charge >= 0.3 is 5.97 Å². The zero-order chi connectivity index (χ0) is 30.0. The van der Waals surface area contributed by atoms with E-state index in [0.717, 1.165) is 46.6 Å². The molecular formula is C28H31ClN6O7. The van der Waals surface area contributed by atoms with Crippen LogP contribution < -0.4 is 0 Å². The highest BCUT2D eigenvalue weighted by molar-refractivity contribution is 6.30. The molecule has 2 aromatic carbocycles. The highest BCUT2D eigenvalue weighted by Crippen LogP contribution is 2.29. The molecule has 0 saturated carbocycles. The van der Waals surface area contributed by atoms with E-state index in [1.165, 1.54) is 0 Å². The van der Waals surface area contributed by atoms with Crippen LogP contribution in [0.15, 0.2) is 48.5 Å². The van der Waals surface area contributed by atoms with Crippen LogP contribution >= 0.6 is 11.6 Å². The first-order chi connectivity index (χ1) is 20.2. The molecule has 0 bridgehead atoms. The van der Waals surface area contributed by atoms with Gasteiger partial charge in [0.25, 0.3) is 0 Å². The summed E-state index contributed by atoms with van der Waals surface area (Å²) >= 11 is 6.27. The van der Waals surface area contributed by atoms with Gasteiger partial charge in [0.05, 0.1) is 12.3 Å². The first-order valence-corrected chi connectivity index (χ1v) is 13.9. The molecule has 13 nitrogen and oxygen atoms in total. The molecule has 0 unspecified atom stereocenters. The number of imidazole rings is 1. The largest absolute Gasteiger partial charge is 0.479 e. The molecule has 1 aliphatic heterocycles. The lowest BCUT2D eigenvalue weighted by atomic mass is 9.98. The van der Waals surface area contributed by atoms with Gasteiger partial charge in [0.1, 0.15) is 24.1 Å². The summed E-state index contributed by atoms with van der Waals surface area (Å²) in [6, 6.07) is 15.4. The Balaban J connectivity index is 1.29. The maximum Gasteiger partial charge on any atom is 0.335 e. The minimum atomic E-state index is -1.82. The number of nitrogens with zero attached hydrogens (tertiary/aromatic N) is 6. The van der Waals surface area contributed by atoms with Crippen molar-refractivity contribution in [1.29, 1.82) is 0 Å². The topological polar surface area (TPSA) is 189 Å². The Morgan fingerprint density at radius 3 is 2.24 bits per heavy atom. The molecular weight excluding hydrogens is 568 g/mol. The van der Waals surface area contributed by atoms with Gasteiger partial charge in [-0.15, -0.1) is 15.0 Å². The molecule has 3 heterocycles. The molecule has 222 valence electrons. The Hall–Kier alpha value is -3.72. The number of benzene rings is 2. The van der Waals surface area contributed by atoms with Gasteiger partial charge in [-0.25, -0.2) is 9.78 Å². The molecule has 0 radical (unpaired) electrons. The van der Waals surface area contributed by atoms with Crippen LogP contribution in [-0.2, 0) is 29.1 Å². The average molecular weight is 599 g/mol. The van der Waals surface area contributed by atoms with Crippen molar-refractivity contribution < 1.29 is 35.1 Å². The molecule has 42 heavy (non-hydrogen) atoms. The number of rotatable bonds is 10. The number of carbonyl (C=O) groups is 1. The lowest BCUT2D eigenvalue weighted by Gasteiger charge is -2.37. The zero-order valence-corrected chi connectivity index (χ0v) is 23.4. The number of aliphatic hydroxyl groups is 4. The van der Waals surface area contributed by atoms with Crippen molar-refractivity contribution in [3.63, 3.8) is 0 Å². The maximum absolute atomic E-state index is 11.4. The number of hydrogen-bond donors (Lipinski definition) is 5. The van der Waals surface area contributed by atoms with Gasteiger partial charge in [0, 0.05) is 18.5 Å². The number of unbranched alkanes of at least 4 members (excludes halogenated alkanes) is 1. The van der Waals surface area contributed by atoms with E-state index < -0.39 is 36.6 Å². The Morgan fingerprint density at radius 1 is 0.976 bits per heavy atom. The van der Waals surface area contributed by atoms with Gasteiger partial charge in [-0.3, -0.25) is 0 Å². The highest BCUT2D eigenvalue weighted by Gasteiger charge is 2.48. The third-order valence-corrected chi connectivity index (χ3v) is 7.57. The molecule has 2 aromatic heterocycles. The second kappa shape index (κ2) is 12.7. The van der Waals surface area contributed by atoms with Crippen molar-refractivity contribution in [2.45, 2.75) is 70.0 Å². The second-order valence-corrected chi connectivity index (χ2v) is 10.4. The number of ether oxygens (including phenoxy) is 1. The summed E-state index contributed by atoms with van der Waals surface area (Å²) in [5.41, 5.74) is 4.16. The van der Waals surface area contributed by atoms with Crippen molar-refractivity contribution >= 4 is 17.6 Å². The van der Waals surface area contributed by atoms with Crippen molar-refractivity contribution in [2.75, 3.05) is 0 Å². The zero-order valence-electron chi connectivity index (χ0n) is 22.7. The van der Waals surface area contributed by atoms with E-state index in [2.05, 4.69) is 27.3 Å². The third-order valence-electron chi connectivity index (χ3n) is 7.26. The SMILES string of the molecule is CCCCc1nc(Cl)c(CO)n1Cc1ccc(-c2ccc(-c3nnn([C@@H]4O[C@H](C(=O)O)[C@@H](O)[C@H](O)[C@H]4O)n3)cc2)cc1. The smallest absolute Gasteiger partial charge is 0.335 e. The van der Waals surface area contributed by atoms with Crippen LogP contribution in [0.2, 0.25) is 5.15 Å². The number of carboxylic acid groups (broad SMARTS) is 1. The lowest BCUT2D eigenvalue weighted by molar-refractivity contribution is -0.251. The Labute approximate surface area is 245 Å². The highest BCUT2D eigenvalue weighted by atomic mass is 35.5. The Kier molecular flexibility index (Phi) is 8.96. The summed E-state index contributed by atoms with van der Waals surface area (Å²) < 4.78 is 7.23. The van der Waals surface area contributed by atoms with E-state index in [1.807, 2.05) is 41.0 Å². The quantitative estimate of drug-likeness (QED) is 0.179. The van der Waals surface area contributed by atoms with E-state index >= 15 is 0 Å². The molecule has 5 atom stereocenters. The minimum Gasteiger partial charge on any atom is -0.479 e. The number of aliphatic carboxylic acids is 1. The second-order valence-electron chi connectivity index (χ2n) is 10.1. The summed E-state index contributed by atoms with van der Waals surface area (Å²) in [7, 11) is 0. The van der Waals surface area contributed by atoms with Gasteiger partial charge in [0.15, 0.2) is 11.3 Å². The van der Waals surface area contributed by atoms with E-state index in [4.69, 9.17) is 16.3 Å². The van der Waals surface area contributed by atoms with Crippen LogP contribution in [0.4, 0.5) is 0 Å². The van der Waals surface area contributed by atoms with E-state index in [-0.39, 0.29) is 12.4 Å². The molecule has 0 amide bonds. The fourth-order valence-corrected chi connectivity index (χ4v) is 5.13. The summed E-state index contributed by atoms with van der Waals surface area (Å²) in [4.78, 5) is 16.7. The standard InChI is InChI=1S/C28H31ClN6O7/c1-2-3-4-20-30-25(29)19(14-36)34(20)13-15-5-7-16(8-6-15)17-9-11-18(12-10-17)26-31-33-35(32-26)27-23(39)21(37)22(38)24(42-27)28(40)41/h5-12,21-24,27,36-39H,2-4,13-14H2,1H3,(H,40,41)/t21-,22-,23+,24-,27+/m0/s1. The van der Waals surface area contributed by atoms with Gasteiger partial charge in [-0.2, -0.15) is 0 Å². The number of halogens is 1. The molecule has 14 heteroatoms. The van der Waals surface area contributed by atoms with Crippen LogP contribution in [0, 0.1) is 0 Å². The summed E-state index contributed by atoms with van der Waals surface area (Å²) in [6.07, 6.45) is -5.71. The Bertz CT molecular complexity index is 1520. The normalized spacial score (nSPS) is 22.4. The average Bonchev–Trinajstić information content (AvgIpc) is 3.59. The van der Waals surface area contributed by atoms with E-state index in [1.54, 1.807) is 12.1 Å². The molecule has 5 N–H and O–H groups in total. The lowest BCUT2D eigenvalue weighted by Crippen LogP contribution is -2.58. The molecule has 5 rings (SSSR count). The van der Waals surface area contributed by atoms with Crippen molar-refractivity contribution in [3.05, 3.63) is 70.8 Å². The monoisotopic (exact) mass is 598 g/mol. The summed E-state index contributed by atoms with van der Waals surface area (Å²) in [6.45, 7) is 2.46. The number of aromatic nitrogens is 6. The summed E-state index contributed by atoms with van der Waals surface area (Å²) in [5.74, 6) is -0.450. The molecule has 1 fully saturated rings. The van der Waals surface area contributed by atoms with Crippen LogP contribution in [0.25, 0.3) is 22.5 Å². The fraction of sp³-hybridized carbons (Fsp3) is 0.393. The van der Waals surface area contributed by atoms with Crippen LogP contribution in [0.3, 0.4) is 0 Å². The first kappa shape index (κ1) is 29.8. The maximum atomic E-state index is 11.4. The van der Waals surface area contributed by atoms with Gasteiger partial charge in [-0.05, 0) is 28.3 Å². The van der Waals surface area contributed by atoms with Crippen molar-refractivity contribution in [3.8, 4) is 22.5 Å². The van der Waals surface area contributed by atoms with Crippen LogP contribution in [0.5, 0.6) is 0 Å². The number of aliphatic hydroxyl groups excluding tert-OH is 4. The first-order valence-electron chi connectivity index (χ1n) is 13.5. The molecule has 4 aromatic rings. The molecule has 0 aliphatic carbocycles. The molecule has 1 aliphatic rings. The number of carboxylic acids is 1. The van der Waals surface area contributed by atoms with Crippen molar-refractivity contribution in [1.82, 2.24) is 29.8 Å². The van der Waals surface area contributed by atoms with Crippen LogP contribution in [-0.4, -0.2) is 85.7 Å². The number of tetrazole rings is 1. The molecule has 0 spiro atoms. The van der Waals surface area contributed by atoms with Crippen molar-refractivity contribution in [2.24, 2.45) is 0 Å². The fourth-order valence-electron chi connectivity index (χ4n) is 4.87. The van der Waals surface area contributed by atoms with Gasteiger partial charge in [-0.1, -0.05) is 73.5 Å². The summed E-state index contributed by atoms with van der Waals surface area (Å²) in [5, 5.41) is 61.7. The predicted molar refractivity (Wildman–Crippen MR) is 149 cm³/mol. The van der Waals surface area contributed by atoms with E-state index in [9.17, 15) is 30.3 Å². The van der Waals surface area contributed by atoms with E-state index in [0.29, 0.717) is 23.0 Å². The minimum absolute atomic E-state index is 0.187. The van der Waals surface area contributed by atoms with Gasteiger partial charge in [0.2, 0.25) is 12.1 Å².